The quantitative estimate of drug-likeness (QED) is 0.230. The van der Waals surface area contributed by atoms with Crippen molar-refractivity contribution in [3.8, 4) is 0 Å². The van der Waals surface area contributed by atoms with E-state index in [1.165, 1.54) is 0 Å². The molecule has 0 atom stereocenters. The molecule has 4 nitrogen and oxygen atoms in total. The molecule has 4 aromatic rings. The first-order valence-corrected chi connectivity index (χ1v) is 15.1. The van der Waals surface area contributed by atoms with Crippen molar-refractivity contribution in [1.29, 1.82) is 0 Å². The highest BCUT2D eigenvalue weighted by atomic mass is 31.2. The molecule has 0 unspecified atom stereocenters. The summed E-state index contributed by atoms with van der Waals surface area (Å²) in [5.41, 5.74) is 0. The summed E-state index contributed by atoms with van der Waals surface area (Å²) >= 11 is 0. The van der Waals surface area contributed by atoms with Gasteiger partial charge in [-0.05, 0) is 6.92 Å². The lowest BCUT2D eigenvalue weighted by molar-refractivity contribution is -0.142. The molecule has 4 rings (SSSR count). The van der Waals surface area contributed by atoms with Crippen molar-refractivity contribution in [2.45, 2.75) is 18.7 Å². The van der Waals surface area contributed by atoms with Gasteiger partial charge in [-0.25, -0.2) is 0 Å². The molecule has 0 spiro atoms. The Morgan fingerprint density at radius 3 is 1.14 bits per heavy atom. The fourth-order valence-corrected chi connectivity index (χ4v) is 13.1. The van der Waals surface area contributed by atoms with Crippen molar-refractivity contribution in [3.05, 3.63) is 121 Å². The molecular formula is C29H28O4P2. The Hall–Kier alpha value is -3.19. The third-order valence-electron chi connectivity index (χ3n) is 6.05. The zero-order valence-corrected chi connectivity index (χ0v) is 21.4. The van der Waals surface area contributed by atoms with Crippen molar-refractivity contribution < 1.29 is 18.7 Å². The van der Waals surface area contributed by atoms with E-state index in [0.717, 1.165) is 0 Å². The summed E-state index contributed by atoms with van der Waals surface area (Å²) in [6.45, 7) is 1.92. The van der Waals surface area contributed by atoms with E-state index in [9.17, 15) is 4.79 Å². The van der Waals surface area contributed by atoms with Gasteiger partial charge in [-0.3, -0.25) is 4.79 Å². The minimum absolute atomic E-state index is 0.188. The van der Waals surface area contributed by atoms with Gasteiger partial charge in [0.15, 0.2) is 14.3 Å². The van der Waals surface area contributed by atoms with Crippen molar-refractivity contribution in [2.24, 2.45) is 0 Å². The minimum Gasteiger partial charge on any atom is -0.466 e. The van der Waals surface area contributed by atoms with Gasteiger partial charge in [0.05, 0.1) is 18.4 Å². The molecule has 0 aromatic heterocycles. The second kappa shape index (κ2) is 11.0. The second-order valence-corrected chi connectivity index (χ2v) is 14.5. The van der Waals surface area contributed by atoms with Crippen LogP contribution in [0.3, 0.4) is 0 Å². The van der Waals surface area contributed by atoms with E-state index in [1.54, 1.807) is 55.5 Å². The smallest absolute Gasteiger partial charge is 0.307 e. The van der Waals surface area contributed by atoms with Gasteiger partial charge in [-0.1, -0.05) is 121 Å². The maximum atomic E-state index is 15.5. The molecule has 0 aliphatic carbocycles. The molecule has 0 saturated carbocycles. The van der Waals surface area contributed by atoms with Crippen LogP contribution in [-0.4, -0.2) is 18.0 Å². The van der Waals surface area contributed by atoms with Crippen LogP contribution in [0, 0.1) is 0 Å². The fourth-order valence-electron chi connectivity index (χ4n) is 4.44. The lowest BCUT2D eigenvalue weighted by Crippen LogP contribution is -2.34. The average Bonchev–Trinajstić information content (AvgIpc) is 2.93. The summed E-state index contributed by atoms with van der Waals surface area (Å²) in [5.74, 6) is -0.517. The van der Waals surface area contributed by atoms with Gasteiger partial charge in [-0.2, -0.15) is 0 Å². The molecular weight excluding hydrogens is 474 g/mol. The molecule has 0 bridgehead atoms. The zero-order chi connectivity index (χ0) is 24.7. The van der Waals surface area contributed by atoms with Gasteiger partial charge < -0.3 is 13.9 Å². The molecule has 0 radical (unpaired) electrons. The number of benzene rings is 4. The minimum atomic E-state index is -3.63. The van der Waals surface area contributed by atoms with Crippen molar-refractivity contribution in [2.75, 3.05) is 6.61 Å². The number of esters is 1. The Balaban J connectivity index is 2.07. The van der Waals surface area contributed by atoms with Gasteiger partial charge in [0.25, 0.3) is 0 Å². The van der Waals surface area contributed by atoms with E-state index < -0.39 is 25.7 Å². The molecule has 0 aliphatic heterocycles. The van der Waals surface area contributed by atoms with Crippen LogP contribution in [0.5, 0.6) is 0 Å². The van der Waals surface area contributed by atoms with Crippen LogP contribution in [0.1, 0.15) is 13.3 Å². The van der Waals surface area contributed by atoms with E-state index in [2.05, 4.69) is 0 Å². The van der Waals surface area contributed by atoms with Gasteiger partial charge in [0.2, 0.25) is 0 Å². The third kappa shape index (κ3) is 4.96. The topological polar surface area (TPSA) is 60.4 Å². The second-order valence-electron chi connectivity index (χ2n) is 8.15. The molecule has 0 N–H and O–H groups in total. The lowest BCUT2D eigenvalue weighted by atomic mass is 10.4. The number of hydrogen-bond acceptors (Lipinski definition) is 4. The molecule has 35 heavy (non-hydrogen) atoms. The van der Waals surface area contributed by atoms with Crippen molar-refractivity contribution in [3.63, 3.8) is 0 Å². The predicted molar refractivity (Wildman–Crippen MR) is 145 cm³/mol. The summed E-state index contributed by atoms with van der Waals surface area (Å²) in [7, 11) is -7.26. The van der Waals surface area contributed by atoms with Crippen molar-refractivity contribution in [1.82, 2.24) is 0 Å². The Kier molecular flexibility index (Phi) is 7.86. The fraction of sp³-hybridized carbons (Fsp3) is 0.138. The highest BCUT2D eigenvalue weighted by Crippen LogP contribution is 2.67. The lowest BCUT2D eigenvalue weighted by Gasteiger charge is -2.35. The maximum absolute atomic E-state index is 15.5. The number of rotatable bonds is 9. The molecule has 0 amide bonds. The van der Waals surface area contributed by atoms with E-state index in [1.807, 2.05) is 72.8 Å². The summed E-state index contributed by atoms with van der Waals surface area (Å²) in [6, 6.07) is 36.4. The highest BCUT2D eigenvalue weighted by molar-refractivity contribution is 7.95. The molecule has 0 saturated heterocycles. The van der Waals surface area contributed by atoms with Gasteiger partial charge in [0, 0.05) is 21.2 Å². The first-order valence-electron chi connectivity index (χ1n) is 11.6. The summed E-state index contributed by atoms with van der Waals surface area (Å²) in [5, 5.41) is 1.23. The van der Waals surface area contributed by atoms with E-state index in [0.29, 0.717) is 21.2 Å². The van der Waals surface area contributed by atoms with Crippen LogP contribution < -0.4 is 21.2 Å². The van der Waals surface area contributed by atoms with Crippen molar-refractivity contribution >= 4 is 41.5 Å². The SMILES string of the molecule is CCOC(=O)CC(P(=O)(c1ccccc1)c1ccccc1)P(=O)(c1ccccc1)c1ccccc1. The van der Waals surface area contributed by atoms with Crippen LogP contribution >= 0.6 is 14.3 Å². The van der Waals surface area contributed by atoms with E-state index in [4.69, 9.17) is 4.74 Å². The summed E-state index contributed by atoms with van der Waals surface area (Å²) in [6.07, 6.45) is -0.240. The Bertz CT molecular complexity index is 1160. The third-order valence-corrected chi connectivity index (χ3v) is 14.3. The molecule has 4 aromatic carbocycles. The van der Waals surface area contributed by atoms with Gasteiger partial charge in [-0.15, -0.1) is 0 Å². The number of carbonyl (C=O) groups is 1. The van der Waals surface area contributed by atoms with Gasteiger partial charge in [0.1, 0.15) is 0 Å². The Morgan fingerprint density at radius 2 is 0.886 bits per heavy atom. The first-order chi connectivity index (χ1) is 17.0. The molecule has 0 fully saturated rings. The zero-order valence-electron chi connectivity index (χ0n) is 19.6. The van der Waals surface area contributed by atoms with E-state index in [-0.39, 0.29) is 13.0 Å². The highest BCUT2D eigenvalue weighted by Gasteiger charge is 2.50. The molecule has 0 aliphatic rings. The largest absolute Gasteiger partial charge is 0.466 e. The van der Waals surface area contributed by atoms with Crippen LogP contribution in [0.15, 0.2) is 121 Å². The molecule has 0 heterocycles. The summed E-state index contributed by atoms with van der Waals surface area (Å²) in [4.78, 5) is 13.0. The number of hydrogen-bond donors (Lipinski definition) is 0. The van der Waals surface area contributed by atoms with Crippen LogP contribution in [0.4, 0.5) is 0 Å². The molecule has 6 heteroatoms. The van der Waals surface area contributed by atoms with Gasteiger partial charge >= 0.3 is 5.97 Å². The average molecular weight is 502 g/mol. The Labute approximate surface area is 206 Å². The van der Waals surface area contributed by atoms with E-state index >= 15 is 9.13 Å². The normalized spacial score (nSPS) is 11.8. The Morgan fingerprint density at radius 1 is 0.600 bits per heavy atom. The van der Waals surface area contributed by atoms with Crippen LogP contribution in [-0.2, 0) is 18.7 Å². The standard InChI is InChI=1S/C29H28O4P2/c1-2-33-28(30)23-29(34(31,24-15-7-3-8-16-24)25-17-9-4-10-18-25)35(32,26-19-11-5-12-20-26)27-21-13-6-14-22-27/h3-22,29H,2,23H2,1H3. The summed E-state index contributed by atoms with van der Waals surface area (Å²) < 4.78 is 36.3. The predicted octanol–water partition coefficient (Wildman–Crippen LogP) is 5.29. The number of carbonyl (C=O) groups excluding carboxylic acids is 1. The molecule has 178 valence electrons. The van der Waals surface area contributed by atoms with Crippen LogP contribution in [0.25, 0.3) is 0 Å². The monoisotopic (exact) mass is 502 g/mol. The first kappa shape index (κ1) is 24.9. The number of ether oxygens (including phenoxy) is 1. The maximum Gasteiger partial charge on any atom is 0.307 e. The van der Waals surface area contributed by atoms with Crippen LogP contribution in [0.2, 0.25) is 0 Å².